The standard InChI is InChI=1S/C28H22BrClN4O2S/c1-2-3-5-17-8-11-21(12-9-17)34-27(36)24(15-18-6-4-7-19(29)14-18)37-28(34)33-32-25-22-16-20(30)10-13-23(22)31-26(25)35/h4,6-16H,2-3,5H2,1H3,(H,31,32,35). The molecule has 2 heterocycles. The normalized spacial score (nSPS) is 18.2. The van der Waals surface area contributed by atoms with Crippen molar-refractivity contribution in [1.82, 2.24) is 0 Å². The molecule has 0 unspecified atom stereocenters. The Kier molecular flexibility index (Phi) is 7.60. The van der Waals surface area contributed by atoms with E-state index in [9.17, 15) is 9.59 Å². The van der Waals surface area contributed by atoms with Crippen molar-refractivity contribution in [3.05, 3.63) is 97.8 Å². The van der Waals surface area contributed by atoms with Crippen molar-refractivity contribution in [2.24, 2.45) is 10.2 Å². The fraction of sp³-hybridized carbons (Fsp3) is 0.143. The van der Waals surface area contributed by atoms with Gasteiger partial charge in [-0.15, -0.1) is 10.2 Å². The minimum atomic E-state index is -0.368. The average molecular weight is 594 g/mol. The summed E-state index contributed by atoms with van der Waals surface area (Å²) in [6.45, 7) is 2.16. The second-order valence-electron chi connectivity index (χ2n) is 8.55. The molecule has 1 N–H and O–H groups in total. The maximum absolute atomic E-state index is 13.6. The molecule has 0 aromatic heterocycles. The summed E-state index contributed by atoms with van der Waals surface area (Å²) in [6.07, 6.45) is 5.04. The van der Waals surface area contributed by atoms with Crippen LogP contribution < -0.4 is 10.2 Å². The summed E-state index contributed by atoms with van der Waals surface area (Å²) in [7, 11) is 0. The Bertz CT molecular complexity index is 1480. The second-order valence-corrected chi connectivity index (χ2v) is 10.9. The zero-order chi connectivity index (χ0) is 25.9. The fourth-order valence-electron chi connectivity index (χ4n) is 4.03. The summed E-state index contributed by atoms with van der Waals surface area (Å²) in [5.41, 5.74) is 4.13. The molecule has 9 heteroatoms. The van der Waals surface area contributed by atoms with E-state index in [1.54, 1.807) is 18.2 Å². The number of unbranched alkanes of at least 4 members (excludes halogenated alkanes) is 1. The quantitative estimate of drug-likeness (QED) is 0.241. The number of rotatable bonds is 6. The number of thioether (sulfide) groups is 1. The van der Waals surface area contributed by atoms with Crippen LogP contribution in [0.2, 0.25) is 5.02 Å². The van der Waals surface area contributed by atoms with Crippen LogP contribution in [0.15, 0.2) is 86.3 Å². The van der Waals surface area contributed by atoms with Crippen LogP contribution in [-0.4, -0.2) is 22.7 Å². The molecule has 3 aromatic carbocycles. The van der Waals surface area contributed by atoms with Crippen LogP contribution in [0, 0.1) is 0 Å². The Hall–Kier alpha value is -3.20. The molecular weight excluding hydrogens is 572 g/mol. The number of amides is 2. The van der Waals surface area contributed by atoms with Gasteiger partial charge in [-0.3, -0.25) is 14.5 Å². The van der Waals surface area contributed by atoms with Crippen LogP contribution in [0.5, 0.6) is 0 Å². The number of halogens is 2. The first-order valence-electron chi connectivity index (χ1n) is 11.8. The van der Waals surface area contributed by atoms with Crippen molar-refractivity contribution >= 4 is 79.4 Å². The molecule has 5 rings (SSSR count). The highest BCUT2D eigenvalue weighted by atomic mass is 79.9. The number of hydrogen-bond donors (Lipinski definition) is 1. The lowest BCUT2D eigenvalue weighted by molar-refractivity contribution is -0.113. The van der Waals surface area contributed by atoms with Crippen LogP contribution in [0.25, 0.3) is 6.08 Å². The molecule has 1 fully saturated rings. The highest BCUT2D eigenvalue weighted by molar-refractivity contribution is 9.10. The van der Waals surface area contributed by atoms with Gasteiger partial charge in [-0.05, 0) is 84.3 Å². The largest absolute Gasteiger partial charge is 0.320 e. The first-order valence-corrected chi connectivity index (χ1v) is 13.8. The van der Waals surface area contributed by atoms with Crippen LogP contribution in [-0.2, 0) is 16.0 Å². The predicted octanol–water partition coefficient (Wildman–Crippen LogP) is 7.28. The van der Waals surface area contributed by atoms with E-state index in [0.717, 1.165) is 29.3 Å². The van der Waals surface area contributed by atoms with Crippen molar-refractivity contribution in [3.63, 3.8) is 0 Å². The zero-order valence-electron chi connectivity index (χ0n) is 19.9. The van der Waals surface area contributed by atoms with E-state index in [0.29, 0.717) is 32.0 Å². The van der Waals surface area contributed by atoms with Gasteiger partial charge in [-0.2, -0.15) is 0 Å². The summed E-state index contributed by atoms with van der Waals surface area (Å²) < 4.78 is 0.918. The second kappa shape index (κ2) is 11.0. The molecule has 0 saturated carbocycles. The highest BCUT2D eigenvalue weighted by Crippen LogP contribution is 2.37. The molecule has 2 aliphatic heterocycles. The van der Waals surface area contributed by atoms with Gasteiger partial charge in [0.05, 0.1) is 16.3 Å². The number of nitrogens with zero attached hydrogens (tertiary/aromatic N) is 3. The Morgan fingerprint density at radius 1 is 1.05 bits per heavy atom. The third-order valence-electron chi connectivity index (χ3n) is 5.90. The summed E-state index contributed by atoms with van der Waals surface area (Å²) in [5.74, 6) is -0.572. The molecule has 37 heavy (non-hydrogen) atoms. The van der Waals surface area contributed by atoms with Gasteiger partial charge in [-0.25, -0.2) is 0 Å². The molecule has 3 aromatic rings. The Labute approximate surface area is 232 Å². The fourth-order valence-corrected chi connectivity index (χ4v) is 5.55. The molecule has 0 spiro atoms. The van der Waals surface area contributed by atoms with E-state index >= 15 is 0 Å². The number of nitrogens with one attached hydrogen (secondary N) is 1. The van der Waals surface area contributed by atoms with Crippen LogP contribution in [0.1, 0.15) is 36.5 Å². The molecule has 0 aliphatic carbocycles. The van der Waals surface area contributed by atoms with E-state index in [1.165, 1.54) is 22.2 Å². The van der Waals surface area contributed by atoms with Gasteiger partial charge >= 0.3 is 0 Å². The van der Waals surface area contributed by atoms with Gasteiger partial charge in [0.2, 0.25) is 5.17 Å². The number of fused-ring (bicyclic) bond motifs is 1. The van der Waals surface area contributed by atoms with Crippen molar-refractivity contribution in [3.8, 4) is 0 Å². The topological polar surface area (TPSA) is 74.1 Å². The molecule has 0 atom stereocenters. The van der Waals surface area contributed by atoms with E-state index in [1.807, 2.05) is 54.6 Å². The van der Waals surface area contributed by atoms with E-state index in [4.69, 9.17) is 11.6 Å². The van der Waals surface area contributed by atoms with Gasteiger partial charge < -0.3 is 5.32 Å². The third-order valence-corrected chi connectivity index (χ3v) is 7.59. The predicted molar refractivity (Wildman–Crippen MR) is 156 cm³/mol. The van der Waals surface area contributed by atoms with Gasteiger partial charge in [0.1, 0.15) is 0 Å². The SMILES string of the molecule is CCCCc1ccc(N2C(=O)C(=Cc3cccc(Br)c3)SC2=NN=C2C(=O)Nc3ccc(Cl)cc32)cc1. The number of aryl methyl sites for hydroxylation is 1. The first kappa shape index (κ1) is 25.4. The van der Waals surface area contributed by atoms with Gasteiger partial charge in [-0.1, -0.05) is 65.1 Å². The lowest BCUT2D eigenvalue weighted by atomic mass is 10.1. The Morgan fingerprint density at radius 2 is 1.86 bits per heavy atom. The van der Waals surface area contributed by atoms with Gasteiger partial charge in [0.15, 0.2) is 5.71 Å². The molecule has 2 aliphatic rings. The third kappa shape index (κ3) is 5.56. The van der Waals surface area contributed by atoms with Crippen LogP contribution in [0.3, 0.4) is 0 Å². The maximum atomic E-state index is 13.6. The average Bonchev–Trinajstić information content (AvgIpc) is 3.36. The Balaban J connectivity index is 1.54. The lowest BCUT2D eigenvalue weighted by Gasteiger charge is -2.15. The van der Waals surface area contributed by atoms with Crippen LogP contribution in [0.4, 0.5) is 11.4 Å². The molecule has 0 radical (unpaired) electrons. The van der Waals surface area contributed by atoms with Crippen LogP contribution >= 0.6 is 39.3 Å². The molecule has 1 saturated heterocycles. The number of carbonyl (C=O) groups is 2. The molecular formula is C28H22BrClN4O2S. The minimum absolute atomic E-state index is 0.150. The maximum Gasteiger partial charge on any atom is 0.276 e. The highest BCUT2D eigenvalue weighted by Gasteiger charge is 2.35. The van der Waals surface area contributed by atoms with E-state index in [2.05, 4.69) is 38.4 Å². The van der Waals surface area contributed by atoms with E-state index < -0.39 is 0 Å². The monoisotopic (exact) mass is 592 g/mol. The number of hydrogen-bond acceptors (Lipinski definition) is 5. The number of carbonyl (C=O) groups excluding carboxylic acids is 2. The smallest absolute Gasteiger partial charge is 0.276 e. The summed E-state index contributed by atoms with van der Waals surface area (Å²) in [4.78, 5) is 28.2. The molecule has 186 valence electrons. The van der Waals surface area contributed by atoms with Gasteiger partial charge in [0, 0.05) is 15.1 Å². The number of anilines is 2. The zero-order valence-corrected chi connectivity index (χ0v) is 23.0. The van der Waals surface area contributed by atoms with E-state index in [-0.39, 0.29) is 17.5 Å². The lowest BCUT2D eigenvalue weighted by Crippen LogP contribution is -2.28. The van der Waals surface area contributed by atoms with Gasteiger partial charge in [0.25, 0.3) is 11.8 Å². The molecule has 6 nitrogen and oxygen atoms in total. The summed E-state index contributed by atoms with van der Waals surface area (Å²) >= 11 is 10.8. The Morgan fingerprint density at radius 3 is 2.62 bits per heavy atom. The van der Waals surface area contributed by atoms with Crippen molar-refractivity contribution in [2.45, 2.75) is 26.2 Å². The number of benzene rings is 3. The first-order chi connectivity index (χ1) is 17.9. The van der Waals surface area contributed by atoms with Crippen molar-refractivity contribution in [2.75, 3.05) is 10.2 Å². The van der Waals surface area contributed by atoms with Crippen molar-refractivity contribution < 1.29 is 9.59 Å². The minimum Gasteiger partial charge on any atom is -0.320 e. The number of amidine groups is 1. The van der Waals surface area contributed by atoms with Crippen molar-refractivity contribution in [1.29, 1.82) is 0 Å². The molecule has 0 bridgehead atoms. The summed E-state index contributed by atoms with van der Waals surface area (Å²) in [6, 6.07) is 20.7. The summed E-state index contributed by atoms with van der Waals surface area (Å²) in [5, 5.41) is 12.3. The molecule has 2 amide bonds.